The molecule has 3 aromatic rings. The Balaban J connectivity index is 1.76. The van der Waals surface area contributed by atoms with Crippen LogP contribution < -0.4 is 20.5 Å². The smallest absolute Gasteiger partial charge is 0.255 e. The molecule has 0 aliphatic heterocycles. The molecule has 1 heterocycles. The molecular weight excluding hydrogens is 354 g/mol. The highest BCUT2D eigenvalue weighted by Crippen LogP contribution is 2.29. The first kappa shape index (κ1) is 17.6. The molecular formula is C19H16ClN3O3. The molecule has 6 nitrogen and oxygen atoms in total. The van der Waals surface area contributed by atoms with Gasteiger partial charge in [0.1, 0.15) is 11.5 Å². The molecule has 0 aliphatic rings. The summed E-state index contributed by atoms with van der Waals surface area (Å²) in [7, 11) is 1.55. The quantitative estimate of drug-likeness (QED) is 0.697. The highest BCUT2D eigenvalue weighted by Gasteiger charge is 2.09. The van der Waals surface area contributed by atoms with E-state index in [2.05, 4.69) is 10.3 Å². The fourth-order valence-electron chi connectivity index (χ4n) is 2.24. The molecule has 0 radical (unpaired) electrons. The molecule has 3 rings (SSSR count). The van der Waals surface area contributed by atoms with Crippen LogP contribution in [0, 0.1) is 0 Å². The number of anilines is 2. The summed E-state index contributed by atoms with van der Waals surface area (Å²) in [5.41, 5.74) is 6.84. The number of pyridine rings is 1. The molecule has 132 valence electrons. The molecule has 0 atom stereocenters. The molecule has 0 saturated carbocycles. The number of carbonyl (C=O) groups is 1. The van der Waals surface area contributed by atoms with Crippen molar-refractivity contribution in [2.24, 2.45) is 0 Å². The van der Waals surface area contributed by atoms with Crippen molar-refractivity contribution in [2.75, 3.05) is 18.2 Å². The standard InChI is InChI=1S/C19H16ClN3O3/c1-25-15-6-2-4-12(8-15)19(24)23-14-5-3-7-16(10-14)26-17-9-13(20)11-22-18(17)21/h2-11H,1H3,(H2,21,22)(H,23,24). The van der Waals surface area contributed by atoms with Gasteiger partial charge in [-0.15, -0.1) is 0 Å². The van der Waals surface area contributed by atoms with Gasteiger partial charge in [-0.2, -0.15) is 0 Å². The largest absolute Gasteiger partial charge is 0.497 e. The summed E-state index contributed by atoms with van der Waals surface area (Å²) < 4.78 is 10.8. The predicted molar refractivity (Wildman–Crippen MR) is 101 cm³/mol. The summed E-state index contributed by atoms with van der Waals surface area (Å²) in [6.45, 7) is 0. The van der Waals surface area contributed by atoms with Gasteiger partial charge in [0.05, 0.1) is 12.1 Å². The lowest BCUT2D eigenvalue weighted by Gasteiger charge is -2.10. The molecule has 3 N–H and O–H groups in total. The molecule has 0 unspecified atom stereocenters. The molecule has 2 aromatic carbocycles. The Labute approximate surface area is 155 Å². The van der Waals surface area contributed by atoms with Gasteiger partial charge in [-0.1, -0.05) is 23.7 Å². The van der Waals surface area contributed by atoms with Gasteiger partial charge in [-0.3, -0.25) is 4.79 Å². The van der Waals surface area contributed by atoms with Gasteiger partial charge < -0.3 is 20.5 Å². The minimum absolute atomic E-state index is 0.222. The summed E-state index contributed by atoms with van der Waals surface area (Å²) in [5, 5.41) is 3.23. The van der Waals surface area contributed by atoms with E-state index in [1.165, 1.54) is 6.20 Å². The SMILES string of the molecule is COc1cccc(C(=O)Nc2cccc(Oc3cc(Cl)cnc3N)c2)c1. The Kier molecular flexibility index (Phi) is 5.24. The second-order valence-corrected chi connectivity index (χ2v) is 5.79. The van der Waals surface area contributed by atoms with E-state index in [0.717, 1.165) is 0 Å². The van der Waals surface area contributed by atoms with E-state index in [0.29, 0.717) is 33.5 Å². The van der Waals surface area contributed by atoms with Crippen molar-refractivity contribution in [1.82, 2.24) is 4.98 Å². The first-order valence-corrected chi connectivity index (χ1v) is 8.07. The topological polar surface area (TPSA) is 86.5 Å². The second-order valence-electron chi connectivity index (χ2n) is 5.35. The minimum Gasteiger partial charge on any atom is -0.497 e. The van der Waals surface area contributed by atoms with Crippen molar-refractivity contribution in [3.63, 3.8) is 0 Å². The maximum atomic E-state index is 12.4. The number of amides is 1. The van der Waals surface area contributed by atoms with Crippen LogP contribution in [0.4, 0.5) is 11.5 Å². The normalized spacial score (nSPS) is 10.2. The van der Waals surface area contributed by atoms with Gasteiger partial charge in [0.15, 0.2) is 11.6 Å². The van der Waals surface area contributed by atoms with Crippen LogP contribution in [0.3, 0.4) is 0 Å². The number of hydrogen-bond acceptors (Lipinski definition) is 5. The number of nitrogens with one attached hydrogen (secondary N) is 1. The van der Waals surface area contributed by atoms with Crippen LogP contribution in [0.15, 0.2) is 60.8 Å². The lowest BCUT2D eigenvalue weighted by molar-refractivity contribution is 0.102. The van der Waals surface area contributed by atoms with Gasteiger partial charge in [0, 0.05) is 29.6 Å². The number of carbonyl (C=O) groups excluding carboxylic acids is 1. The Hall–Kier alpha value is -3.25. The molecule has 1 aromatic heterocycles. The first-order valence-electron chi connectivity index (χ1n) is 7.69. The van der Waals surface area contributed by atoms with Gasteiger partial charge >= 0.3 is 0 Å². The second kappa shape index (κ2) is 7.76. The van der Waals surface area contributed by atoms with Crippen molar-refractivity contribution >= 4 is 29.0 Å². The summed E-state index contributed by atoms with van der Waals surface area (Å²) in [5.74, 6) is 1.40. The minimum atomic E-state index is -0.259. The number of halogens is 1. The van der Waals surface area contributed by atoms with Crippen LogP contribution in [-0.4, -0.2) is 18.0 Å². The first-order chi connectivity index (χ1) is 12.5. The molecule has 26 heavy (non-hydrogen) atoms. The molecule has 0 aliphatic carbocycles. The number of nitrogens with zero attached hydrogens (tertiary/aromatic N) is 1. The summed E-state index contributed by atoms with van der Waals surface area (Å²) in [4.78, 5) is 16.3. The Morgan fingerprint density at radius 3 is 2.69 bits per heavy atom. The molecule has 1 amide bonds. The lowest BCUT2D eigenvalue weighted by Crippen LogP contribution is -2.11. The number of nitrogens with two attached hydrogens (primary N) is 1. The highest BCUT2D eigenvalue weighted by atomic mass is 35.5. The Bertz CT molecular complexity index is 947. The third-order valence-corrected chi connectivity index (χ3v) is 3.71. The van der Waals surface area contributed by atoms with Gasteiger partial charge in [0.25, 0.3) is 5.91 Å². The Morgan fingerprint density at radius 2 is 1.88 bits per heavy atom. The van der Waals surface area contributed by atoms with Crippen LogP contribution in [0.2, 0.25) is 5.02 Å². The number of rotatable bonds is 5. The summed E-state index contributed by atoms with van der Waals surface area (Å²) in [6.07, 6.45) is 1.44. The van der Waals surface area contributed by atoms with Crippen LogP contribution in [-0.2, 0) is 0 Å². The van der Waals surface area contributed by atoms with E-state index in [9.17, 15) is 4.79 Å². The summed E-state index contributed by atoms with van der Waals surface area (Å²) in [6, 6.07) is 15.4. The van der Waals surface area contributed by atoms with E-state index >= 15 is 0 Å². The predicted octanol–water partition coefficient (Wildman–Crippen LogP) is 4.37. The molecule has 7 heteroatoms. The number of ether oxygens (including phenoxy) is 2. The molecule has 0 spiro atoms. The molecule has 0 fully saturated rings. The molecule has 0 bridgehead atoms. The van der Waals surface area contributed by atoms with E-state index < -0.39 is 0 Å². The van der Waals surface area contributed by atoms with Gasteiger partial charge in [0.2, 0.25) is 0 Å². The zero-order valence-electron chi connectivity index (χ0n) is 13.9. The fraction of sp³-hybridized carbons (Fsp3) is 0.0526. The number of nitrogen functional groups attached to an aromatic ring is 1. The van der Waals surface area contributed by atoms with Gasteiger partial charge in [-0.25, -0.2) is 4.98 Å². The van der Waals surface area contributed by atoms with Crippen LogP contribution >= 0.6 is 11.6 Å². The van der Waals surface area contributed by atoms with Crippen molar-refractivity contribution < 1.29 is 14.3 Å². The Morgan fingerprint density at radius 1 is 1.12 bits per heavy atom. The fourth-order valence-corrected chi connectivity index (χ4v) is 2.39. The number of aromatic nitrogens is 1. The maximum Gasteiger partial charge on any atom is 0.255 e. The van der Waals surface area contributed by atoms with E-state index in [1.54, 1.807) is 61.7 Å². The van der Waals surface area contributed by atoms with E-state index in [-0.39, 0.29) is 11.7 Å². The molecule has 0 saturated heterocycles. The van der Waals surface area contributed by atoms with Crippen LogP contribution in [0.1, 0.15) is 10.4 Å². The number of benzene rings is 2. The highest BCUT2D eigenvalue weighted by molar-refractivity contribution is 6.30. The lowest BCUT2D eigenvalue weighted by atomic mass is 10.2. The monoisotopic (exact) mass is 369 g/mol. The van der Waals surface area contributed by atoms with Crippen LogP contribution in [0.5, 0.6) is 17.2 Å². The van der Waals surface area contributed by atoms with Crippen molar-refractivity contribution in [1.29, 1.82) is 0 Å². The average Bonchev–Trinajstić information content (AvgIpc) is 2.65. The van der Waals surface area contributed by atoms with Gasteiger partial charge in [-0.05, 0) is 30.3 Å². The summed E-state index contributed by atoms with van der Waals surface area (Å²) >= 11 is 5.91. The number of hydrogen-bond donors (Lipinski definition) is 2. The maximum absolute atomic E-state index is 12.4. The number of methoxy groups -OCH3 is 1. The van der Waals surface area contributed by atoms with E-state index in [4.69, 9.17) is 26.8 Å². The van der Waals surface area contributed by atoms with E-state index in [1.807, 2.05) is 0 Å². The van der Waals surface area contributed by atoms with Crippen LogP contribution in [0.25, 0.3) is 0 Å². The average molecular weight is 370 g/mol. The van der Waals surface area contributed by atoms with Crippen molar-refractivity contribution in [3.8, 4) is 17.2 Å². The third kappa shape index (κ3) is 4.23. The zero-order valence-corrected chi connectivity index (χ0v) is 14.7. The zero-order chi connectivity index (χ0) is 18.5. The van der Waals surface area contributed by atoms with Crippen molar-refractivity contribution in [3.05, 3.63) is 71.4 Å². The third-order valence-electron chi connectivity index (χ3n) is 3.50. The van der Waals surface area contributed by atoms with Crippen molar-refractivity contribution in [2.45, 2.75) is 0 Å².